The van der Waals surface area contributed by atoms with Gasteiger partial charge in [-0.3, -0.25) is 9.59 Å². The molecule has 3 heteroatoms. The molecule has 1 aliphatic rings. The lowest BCUT2D eigenvalue weighted by atomic mass is 10.0. The van der Waals surface area contributed by atoms with Crippen molar-refractivity contribution in [2.24, 2.45) is 0 Å². The number of nitrogens with one attached hydrogen (secondary N) is 1. The van der Waals surface area contributed by atoms with E-state index in [0.29, 0.717) is 12.0 Å². The number of rotatable bonds is 5. The second-order valence-electron chi connectivity index (χ2n) is 5.49. The predicted molar refractivity (Wildman–Crippen MR) is 81.0 cm³/mol. The quantitative estimate of drug-likeness (QED) is 0.914. The van der Waals surface area contributed by atoms with E-state index in [2.05, 4.69) is 5.32 Å². The van der Waals surface area contributed by atoms with E-state index in [1.54, 1.807) is 12.1 Å². The van der Waals surface area contributed by atoms with Gasteiger partial charge in [0.15, 0.2) is 5.78 Å². The van der Waals surface area contributed by atoms with Crippen LogP contribution in [0, 0.1) is 0 Å². The van der Waals surface area contributed by atoms with Gasteiger partial charge >= 0.3 is 0 Å². The van der Waals surface area contributed by atoms with Crippen LogP contribution >= 0.6 is 0 Å². The van der Waals surface area contributed by atoms with E-state index in [-0.39, 0.29) is 11.7 Å². The topological polar surface area (TPSA) is 46.2 Å². The van der Waals surface area contributed by atoms with E-state index >= 15 is 0 Å². The third-order valence-corrected chi connectivity index (χ3v) is 3.88. The molecule has 0 atom stereocenters. The van der Waals surface area contributed by atoms with Crippen molar-refractivity contribution in [3.05, 3.63) is 71.8 Å². The summed E-state index contributed by atoms with van der Waals surface area (Å²) in [6.45, 7) is 0. The van der Waals surface area contributed by atoms with E-state index in [1.165, 1.54) is 0 Å². The molecular weight excluding hydrogens is 262 g/mol. The third-order valence-electron chi connectivity index (χ3n) is 3.88. The summed E-state index contributed by atoms with van der Waals surface area (Å²) < 4.78 is 0. The Kier molecular flexibility index (Phi) is 3.57. The molecule has 1 N–H and O–H groups in total. The van der Waals surface area contributed by atoms with Crippen molar-refractivity contribution in [1.82, 2.24) is 5.32 Å². The van der Waals surface area contributed by atoms with E-state index in [4.69, 9.17) is 0 Å². The molecule has 1 saturated carbocycles. The van der Waals surface area contributed by atoms with Crippen LogP contribution in [0.2, 0.25) is 0 Å². The highest BCUT2D eigenvalue weighted by molar-refractivity contribution is 6.01. The summed E-state index contributed by atoms with van der Waals surface area (Å²) in [5.74, 6) is -0.0764. The van der Waals surface area contributed by atoms with Crippen molar-refractivity contribution in [2.75, 3.05) is 0 Å². The van der Waals surface area contributed by atoms with Crippen molar-refractivity contribution in [1.29, 1.82) is 0 Å². The zero-order valence-electron chi connectivity index (χ0n) is 11.7. The van der Waals surface area contributed by atoms with Gasteiger partial charge in [0.05, 0.1) is 5.54 Å². The molecule has 3 nitrogen and oxygen atoms in total. The Morgan fingerprint density at radius 2 is 1.48 bits per heavy atom. The molecule has 0 unspecified atom stereocenters. The summed E-state index contributed by atoms with van der Waals surface area (Å²) in [7, 11) is 0. The van der Waals surface area contributed by atoms with Gasteiger partial charge in [0.1, 0.15) is 0 Å². The molecule has 2 aromatic carbocycles. The maximum atomic E-state index is 12.4. The molecule has 0 aromatic heterocycles. The lowest BCUT2D eigenvalue weighted by Crippen LogP contribution is -2.43. The summed E-state index contributed by atoms with van der Waals surface area (Å²) in [5.41, 5.74) is 0.932. The molecule has 106 valence electrons. The number of hydrogen-bond acceptors (Lipinski definition) is 2. The summed E-state index contributed by atoms with van der Waals surface area (Å²) in [6.07, 6.45) is 1.84. The number of amides is 1. The SMILES string of the molecule is O=C(NC1(C(=O)Cc2ccccc2)CC1)c1ccccc1. The largest absolute Gasteiger partial charge is 0.340 e. The van der Waals surface area contributed by atoms with Gasteiger partial charge in [-0.2, -0.15) is 0 Å². The average molecular weight is 279 g/mol. The molecule has 1 aliphatic carbocycles. The van der Waals surface area contributed by atoms with Crippen LogP contribution in [0.3, 0.4) is 0 Å². The van der Waals surface area contributed by atoms with Crippen molar-refractivity contribution in [3.8, 4) is 0 Å². The van der Waals surface area contributed by atoms with Crippen LogP contribution in [0.15, 0.2) is 60.7 Å². The maximum Gasteiger partial charge on any atom is 0.252 e. The number of benzene rings is 2. The predicted octanol–water partition coefficient (Wildman–Crippen LogP) is 2.76. The minimum absolute atomic E-state index is 0.0954. The summed E-state index contributed by atoms with van der Waals surface area (Å²) in [4.78, 5) is 24.6. The van der Waals surface area contributed by atoms with Crippen LogP contribution in [0.1, 0.15) is 28.8 Å². The van der Waals surface area contributed by atoms with Crippen molar-refractivity contribution in [2.45, 2.75) is 24.8 Å². The van der Waals surface area contributed by atoms with E-state index in [0.717, 1.165) is 18.4 Å². The van der Waals surface area contributed by atoms with Crippen LogP contribution in [-0.4, -0.2) is 17.2 Å². The highest BCUT2D eigenvalue weighted by Crippen LogP contribution is 2.37. The molecule has 1 fully saturated rings. The molecule has 0 bridgehead atoms. The first-order valence-electron chi connectivity index (χ1n) is 7.14. The van der Waals surface area contributed by atoms with E-state index < -0.39 is 5.54 Å². The van der Waals surface area contributed by atoms with Gasteiger partial charge in [-0.15, -0.1) is 0 Å². The van der Waals surface area contributed by atoms with Gasteiger partial charge in [0, 0.05) is 12.0 Å². The van der Waals surface area contributed by atoms with E-state index in [1.807, 2.05) is 48.5 Å². The van der Waals surface area contributed by atoms with Gasteiger partial charge in [-0.25, -0.2) is 0 Å². The standard InChI is InChI=1S/C18H17NO2/c20-16(13-14-7-3-1-4-8-14)18(11-12-18)19-17(21)15-9-5-2-6-10-15/h1-10H,11-13H2,(H,19,21). The van der Waals surface area contributed by atoms with E-state index in [9.17, 15) is 9.59 Å². The fourth-order valence-electron chi connectivity index (χ4n) is 2.43. The Morgan fingerprint density at radius 3 is 2.05 bits per heavy atom. The monoisotopic (exact) mass is 279 g/mol. The molecule has 0 aliphatic heterocycles. The van der Waals surface area contributed by atoms with Crippen LogP contribution < -0.4 is 5.32 Å². The van der Waals surface area contributed by atoms with Gasteiger partial charge in [0.25, 0.3) is 5.91 Å². The third kappa shape index (κ3) is 3.02. The number of ketones is 1. The van der Waals surface area contributed by atoms with Crippen LogP contribution in [0.5, 0.6) is 0 Å². The zero-order chi connectivity index (χ0) is 14.7. The molecule has 0 heterocycles. The van der Waals surface area contributed by atoms with Gasteiger partial charge in [0.2, 0.25) is 0 Å². The normalized spacial score (nSPS) is 15.2. The highest BCUT2D eigenvalue weighted by Gasteiger charge is 2.50. The van der Waals surface area contributed by atoms with Crippen molar-refractivity contribution < 1.29 is 9.59 Å². The Morgan fingerprint density at radius 1 is 0.905 bits per heavy atom. The Labute approximate surface area is 124 Å². The molecule has 0 radical (unpaired) electrons. The van der Waals surface area contributed by atoms with Crippen molar-refractivity contribution >= 4 is 11.7 Å². The highest BCUT2D eigenvalue weighted by atomic mass is 16.2. The first kappa shape index (κ1) is 13.6. The summed E-state index contributed by atoms with van der Waals surface area (Å²) >= 11 is 0. The lowest BCUT2D eigenvalue weighted by molar-refractivity contribution is -0.121. The fourth-order valence-corrected chi connectivity index (χ4v) is 2.43. The second kappa shape index (κ2) is 5.52. The molecular formula is C18H17NO2. The molecule has 0 spiro atoms. The minimum atomic E-state index is -0.650. The second-order valence-corrected chi connectivity index (χ2v) is 5.49. The molecule has 1 amide bonds. The minimum Gasteiger partial charge on any atom is -0.340 e. The molecule has 2 aromatic rings. The first-order valence-corrected chi connectivity index (χ1v) is 7.14. The smallest absolute Gasteiger partial charge is 0.252 e. The number of Topliss-reactive ketones (excluding diaryl/α,β-unsaturated/α-hetero) is 1. The Balaban J connectivity index is 1.67. The molecule has 0 saturated heterocycles. The maximum absolute atomic E-state index is 12.4. The number of hydrogen-bond donors (Lipinski definition) is 1. The lowest BCUT2D eigenvalue weighted by Gasteiger charge is -2.16. The Hall–Kier alpha value is -2.42. The van der Waals surface area contributed by atoms with Gasteiger partial charge < -0.3 is 5.32 Å². The summed E-state index contributed by atoms with van der Waals surface area (Å²) in [5, 5.41) is 2.92. The fraction of sp³-hybridized carbons (Fsp3) is 0.222. The number of carbonyl (C=O) groups excluding carboxylic acids is 2. The summed E-state index contributed by atoms with van der Waals surface area (Å²) in [6, 6.07) is 18.7. The van der Waals surface area contributed by atoms with Crippen LogP contribution in [0.25, 0.3) is 0 Å². The van der Waals surface area contributed by atoms with Crippen LogP contribution in [0.4, 0.5) is 0 Å². The zero-order valence-corrected chi connectivity index (χ0v) is 11.7. The molecule has 21 heavy (non-hydrogen) atoms. The average Bonchev–Trinajstić information content (AvgIpc) is 3.30. The van der Waals surface area contributed by atoms with Gasteiger partial charge in [-0.1, -0.05) is 48.5 Å². The number of carbonyl (C=O) groups is 2. The van der Waals surface area contributed by atoms with Crippen molar-refractivity contribution in [3.63, 3.8) is 0 Å². The van der Waals surface area contributed by atoms with Crippen LogP contribution in [-0.2, 0) is 11.2 Å². The van der Waals surface area contributed by atoms with Gasteiger partial charge in [-0.05, 0) is 30.5 Å². The first-order chi connectivity index (χ1) is 10.2. The Bertz CT molecular complexity index is 645. The molecule has 3 rings (SSSR count).